The van der Waals surface area contributed by atoms with Gasteiger partial charge < -0.3 is 15.4 Å². The third-order valence-electron chi connectivity index (χ3n) is 4.91. The van der Waals surface area contributed by atoms with E-state index < -0.39 is 17.4 Å². The van der Waals surface area contributed by atoms with E-state index in [2.05, 4.69) is 14.1 Å². The first-order valence-electron chi connectivity index (χ1n) is 8.60. The fourth-order valence-corrected chi connectivity index (χ4v) is 5.15. The van der Waals surface area contributed by atoms with Crippen LogP contribution >= 0.6 is 9.24 Å². The average molecular weight is 383 g/mol. The van der Waals surface area contributed by atoms with Crippen LogP contribution in [0.5, 0.6) is 5.75 Å². The van der Waals surface area contributed by atoms with Gasteiger partial charge in [0, 0.05) is 6.54 Å². The van der Waals surface area contributed by atoms with Gasteiger partial charge in [0.1, 0.15) is 24.0 Å². The van der Waals surface area contributed by atoms with Crippen molar-refractivity contribution in [3.05, 3.63) is 23.3 Å². The summed E-state index contributed by atoms with van der Waals surface area (Å²) >= 11 is -1.40. The van der Waals surface area contributed by atoms with Crippen molar-refractivity contribution in [2.45, 2.75) is 38.0 Å². The van der Waals surface area contributed by atoms with Crippen molar-refractivity contribution in [2.24, 2.45) is 5.73 Å². The van der Waals surface area contributed by atoms with Gasteiger partial charge in [-0.2, -0.15) is 4.31 Å². The number of rotatable bonds is 3. The van der Waals surface area contributed by atoms with Crippen LogP contribution in [0.15, 0.2) is 12.1 Å². The van der Waals surface area contributed by atoms with Crippen LogP contribution in [0.2, 0.25) is 0 Å². The highest BCUT2D eigenvalue weighted by Gasteiger charge is 2.37. The molecule has 25 heavy (non-hydrogen) atoms. The number of hydrogen-bond donors (Lipinski definition) is 2. The van der Waals surface area contributed by atoms with Gasteiger partial charge in [-0.25, -0.2) is 0 Å². The Kier molecular flexibility index (Phi) is 5.91. The third kappa shape index (κ3) is 4.29. The minimum absolute atomic E-state index is 0.0246. The number of phenolic OH excluding ortho intramolecular Hbond substituents is 1. The molecule has 0 spiro atoms. The molecule has 2 aliphatic heterocycles. The predicted molar refractivity (Wildman–Crippen MR) is 104 cm³/mol. The van der Waals surface area contributed by atoms with Crippen LogP contribution in [0.1, 0.15) is 24.0 Å². The maximum absolute atomic E-state index is 12.4. The zero-order valence-electron chi connectivity index (χ0n) is 14.5. The molecule has 2 fully saturated rings. The monoisotopic (exact) mass is 383 g/mol. The van der Waals surface area contributed by atoms with E-state index in [4.69, 9.17) is 5.73 Å². The first-order valence-corrected chi connectivity index (χ1v) is 10.5. The molecule has 0 aromatic heterocycles. The van der Waals surface area contributed by atoms with E-state index in [0.717, 1.165) is 30.8 Å². The molecule has 3 N–H and O–H groups in total. The highest BCUT2D eigenvalue weighted by atomic mass is 32.2. The third-order valence-corrected chi connectivity index (χ3v) is 7.02. The fraction of sp³-hybridized carbons (Fsp3) is 0.588. The zero-order chi connectivity index (χ0) is 18.1. The number of aromatic hydroxyl groups is 1. The number of nitrogens with two attached hydrogens (primary N) is 1. The van der Waals surface area contributed by atoms with E-state index >= 15 is 0 Å². The molecular weight excluding hydrogens is 357 g/mol. The SMILES string of the molecule is Cc1cc(CN2CCC(P)CC2)cc(O)c1N1CC(=O)[C@@H](N)C[S+]1[O-]. The number of carbonyl (C=O) groups is 1. The topological polar surface area (TPSA) is 92.9 Å². The van der Waals surface area contributed by atoms with Gasteiger partial charge in [0.15, 0.2) is 11.5 Å². The van der Waals surface area contributed by atoms with Gasteiger partial charge in [-0.15, -0.1) is 9.24 Å². The van der Waals surface area contributed by atoms with Crippen molar-refractivity contribution in [1.29, 1.82) is 0 Å². The second-order valence-electron chi connectivity index (χ2n) is 6.99. The second kappa shape index (κ2) is 7.80. The highest BCUT2D eigenvalue weighted by molar-refractivity contribution is 7.93. The molecular formula is C17H26N3O3PS. The minimum Gasteiger partial charge on any atom is -0.593 e. The average Bonchev–Trinajstić information content (AvgIpc) is 2.54. The molecule has 0 bridgehead atoms. The molecule has 6 nitrogen and oxygen atoms in total. The van der Waals surface area contributed by atoms with Crippen LogP contribution in [0, 0.1) is 6.92 Å². The summed E-state index contributed by atoms with van der Waals surface area (Å²) < 4.78 is 13.8. The van der Waals surface area contributed by atoms with Gasteiger partial charge in [0.25, 0.3) is 0 Å². The van der Waals surface area contributed by atoms with Gasteiger partial charge in [-0.3, -0.25) is 9.69 Å². The Hall–Kier alpha value is -0.850. The van der Waals surface area contributed by atoms with Crippen molar-refractivity contribution in [2.75, 3.05) is 29.7 Å². The molecule has 8 heteroatoms. The summed E-state index contributed by atoms with van der Waals surface area (Å²) in [7, 11) is 2.89. The smallest absolute Gasteiger partial charge is 0.178 e. The Balaban J connectivity index is 1.77. The minimum atomic E-state index is -1.40. The number of likely N-dealkylation sites (tertiary alicyclic amines) is 1. The number of phenols is 1. The number of hydrogen-bond acceptors (Lipinski definition) is 6. The molecule has 1 aromatic carbocycles. The van der Waals surface area contributed by atoms with Gasteiger partial charge in [-0.1, -0.05) is 6.07 Å². The summed E-state index contributed by atoms with van der Waals surface area (Å²) in [6.45, 7) is 4.75. The van der Waals surface area contributed by atoms with Gasteiger partial charge in [-0.05, 0) is 55.7 Å². The Morgan fingerprint density at radius 2 is 2.08 bits per heavy atom. The molecule has 2 heterocycles. The molecule has 0 saturated carbocycles. The summed E-state index contributed by atoms with van der Waals surface area (Å²) in [5, 5.41) is 10.5. The Morgan fingerprint density at radius 1 is 1.40 bits per heavy atom. The van der Waals surface area contributed by atoms with Crippen LogP contribution in [0.4, 0.5) is 5.69 Å². The number of benzene rings is 1. The van der Waals surface area contributed by atoms with Crippen molar-refractivity contribution < 1.29 is 14.5 Å². The summed E-state index contributed by atoms with van der Waals surface area (Å²) in [5.41, 5.74) is 8.72. The van der Waals surface area contributed by atoms with E-state index in [1.807, 2.05) is 13.0 Å². The number of piperidine rings is 1. The molecule has 0 aliphatic carbocycles. The van der Waals surface area contributed by atoms with E-state index in [1.165, 1.54) is 17.1 Å². The molecule has 3 rings (SSSR count). The number of anilines is 1. The summed E-state index contributed by atoms with van der Waals surface area (Å²) in [6, 6.07) is 3.06. The lowest BCUT2D eigenvalue weighted by Crippen LogP contribution is -2.54. The number of carbonyl (C=O) groups excluding carboxylic acids is 1. The Morgan fingerprint density at radius 3 is 2.72 bits per heavy atom. The molecule has 3 atom stereocenters. The van der Waals surface area contributed by atoms with Gasteiger partial charge >= 0.3 is 0 Å². The first kappa shape index (κ1) is 18.9. The number of nitrogens with zero attached hydrogens (tertiary/aromatic N) is 2. The lowest BCUT2D eigenvalue weighted by molar-refractivity contribution is -0.118. The molecule has 138 valence electrons. The summed E-state index contributed by atoms with van der Waals surface area (Å²) in [5.74, 6) is 0.0269. The Labute approximate surface area is 154 Å². The predicted octanol–water partition coefficient (Wildman–Crippen LogP) is 0.920. The quantitative estimate of drug-likeness (QED) is 0.596. The molecule has 2 aliphatic rings. The van der Waals surface area contributed by atoms with Crippen LogP contribution in [0.3, 0.4) is 0 Å². The normalized spacial score (nSPS) is 26.2. The van der Waals surface area contributed by atoms with Crippen LogP contribution in [-0.2, 0) is 22.7 Å². The van der Waals surface area contributed by atoms with Crippen LogP contribution in [0.25, 0.3) is 0 Å². The Bertz CT molecular complexity index is 629. The second-order valence-corrected chi connectivity index (χ2v) is 9.35. The largest absolute Gasteiger partial charge is 0.593 e. The fourth-order valence-electron chi connectivity index (χ4n) is 3.47. The zero-order valence-corrected chi connectivity index (χ0v) is 16.5. The van der Waals surface area contributed by atoms with Gasteiger partial charge in [0.2, 0.25) is 0 Å². The summed E-state index contributed by atoms with van der Waals surface area (Å²) in [6.07, 6.45) is 2.34. The highest BCUT2D eigenvalue weighted by Crippen LogP contribution is 2.36. The molecule has 0 radical (unpaired) electrons. The van der Waals surface area contributed by atoms with Crippen molar-refractivity contribution in [1.82, 2.24) is 4.90 Å². The molecule has 2 unspecified atom stereocenters. The van der Waals surface area contributed by atoms with Crippen molar-refractivity contribution in [3.8, 4) is 5.75 Å². The van der Waals surface area contributed by atoms with E-state index in [9.17, 15) is 14.5 Å². The molecule has 0 amide bonds. The number of aryl methyl sites for hydroxylation is 1. The number of ketones is 1. The first-order chi connectivity index (χ1) is 11.8. The van der Waals surface area contributed by atoms with Crippen molar-refractivity contribution in [3.63, 3.8) is 0 Å². The van der Waals surface area contributed by atoms with Crippen LogP contribution < -0.4 is 10.0 Å². The maximum atomic E-state index is 12.4. The standard InChI is InChI=1S/C17H26N3O3PS/c1-11-6-12(8-19-4-2-13(24)3-5-19)7-15(21)17(11)20-9-16(22)14(18)10-25(20)23/h6-7,13-14,21H,2-5,8-10,18,24H2,1H3/t14-,25?/m0/s1. The van der Waals surface area contributed by atoms with E-state index in [0.29, 0.717) is 11.3 Å². The van der Waals surface area contributed by atoms with Crippen LogP contribution in [-0.4, -0.2) is 57.4 Å². The van der Waals surface area contributed by atoms with E-state index in [-0.39, 0.29) is 23.8 Å². The summed E-state index contributed by atoms with van der Waals surface area (Å²) in [4.78, 5) is 14.3. The van der Waals surface area contributed by atoms with Crippen molar-refractivity contribution >= 4 is 32.1 Å². The maximum Gasteiger partial charge on any atom is 0.178 e. The lowest BCUT2D eigenvalue weighted by atomic mass is 10.1. The number of Topliss-reactive ketones (excluding diaryl/α,β-unsaturated/α-hetero) is 1. The van der Waals surface area contributed by atoms with Gasteiger partial charge in [0.05, 0.1) is 11.4 Å². The molecule has 2 saturated heterocycles. The lowest BCUT2D eigenvalue weighted by Gasteiger charge is -2.33. The molecule has 1 aromatic rings. The van der Waals surface area contributed by atoms with E-state index in [1.54, 1.807) is 6.07 Å².